The van der Waals surface area contributed by atoms with E-state index >= 15 is 0 Å². The first-order chi connectivity index (χ1) is 12.9. The Kier molecular flexibility index (Phi) is 6.04. The van der Waals surface area contributed by atoms with Crippen LogP contribution < -0.4 is 0 Å². The van der Waals surface area contributed by atoms with E-state index < -0.39 is 18.1 Å². The quantitative estimate of drug-likeness (QED) is 0.463. The second-order valence-corrected chi connectivity index (χ2v) is 8.14. The maximum absolute atomic E-state index is 12.5. The second kappa shape index (κ2) is 8.29. The molecule has 0 bridgehead atoms. The number of carbonyl (C=O) groups is 2. The highest BCUT2D eigenvalue weighted by atomic mass is 127. The van der Waals surface area contributed by atoms with E-state index in [1.807, 2.05) is 38.1 Å². The lowest BCUT2D eigenvalue weighted by Gasteiger charge is -2.24. The molecule has 1 aliphatic carbocycles. The van der Waals surface area contributed by atoms with Crippen LogP contribution in [0.25, 0.3) is 11.1 Å². The SMILES string of the molecule is CC(C)C[C@@H](C(=O)O)N(I)C(=O)OCC1c2ccccc2-c2ccccc21. The fourth-order valence-electron chi connectivity index (χ4n) is 3.52. The molecule has 27 heavy (non-hydrogen) atoms. The molecule has 5 nitrogen and oxygen atoms in total. The van der Waals surface area contributed by atoms with Crippen LogP contribution in [0.3, 0.4) is 0 Å². The molecule has 0 aliphatic heterocycles. The minimum atomic E-state index is -1.02. The molecule has 0 unspecified atom stereocenters. The van der Waals surface area contributed by atoms with Gasteiger partial charge in [0.25, 0.3) is 0 Å². The van der Waals surface area contributed by atoms with E-state index in [9.17, 15) is 14.7 Å². The van der Waals surface area contributed by atoms with Crippen molar-refractivity contribution in [1.82, 2.24) is 3.11 Å². The fourth-order valence-corrected chi connectivity index (χ4v) is 4.12. The van der Waals surface area contributed by atoms with Gasteiger partial charge in [-0.15, -0.1) is 0 Å². The Morgan fingerprint density at radius 2 is 1.59 bits per heavy atom. The normalized spacial score (nSPS) is 13.8. The molecule has 1 atom stereocenters. The van der Waals surface area contributed by atoms with Crippen LogP contribution in [-0.2, 0) is 9.53 Å². The Balaban J connectivity index is 1.75. The third-order valence-corrected chi connectivity index (χ3v) is 5.83. The molecule has 1 N–H and O–H groups in total. The van der Waals surface area contributed by atoms with Gasteiger partial charge in [-0.25, -0.2) is 12.7 Å². The lowest BCUT2D eigenvalue weighted by atomic mass is 9.98. The van der Waals surface area contributed by atoms with Crippen LogP contribution in [-0.4, -0.2) is 32.9 Å². The van der Waals surface area contributed by atoms with Crippen LogP contribution in [0.1, 0.15) is 37.3 Å². The number of benzene rings is 2. The van der Waals surface area contributed by atoms with Gasteiger partial charge < -0.3 is 9.84 Å². The summed E-state index contributed by atoms with van der Waals surface area (Å²) in [6, 6.07) is 15.3. The summed E-state index contributed by atoms with van der Waals surface area (Å²) in [5.41, 5.74) is 4.57. The number of hydrogen-bond donors (Lipinski definition) is 1. The van der Waals surface area contributed by atoms with Crippen LogP contribution >= 0.6 is 22.9 Å². The topological polar surface area (TPSA) is 66.8 Å². The monoisotopic (exact) mass is 479 g/mol. The standard InChI is InChI=1S/C21H22INO4/c1-13(2)11-19(20(24)25)23(22)21(26)27-12-18-16-9-5-3-7-14(16)15-8-4-6-10-17(15)18/h3-10,13,18-19H,11-12H2,1-2H3,(H,24,25)/t19-/m0/s1. The third kappa shape index (κ3) is 4.10. The molecule has 0 saturated heterocycles. The molecule has 0 saturated carbocycles. The van der Waals surface area contributed by atoms with Crippen LogP contribution in [0.5, 0.6) is 0 Å². The number of rotatable bonds is 6. The van der Waals surface area contributed by atoms with Gasteiger partial charge in [0.1, 0.15) is 12.6 Å². The number of carbonyl (C=O) groups excluding carboxylic acids is 1. The summed E-state index contributed by atoms with van der Waals surface area (Å²) in [4.78, 5) is 24.0. The Morgan fingerprint density at radius 3 is 2.07 bits per heavy atom. The van der Waals surface area contributed by atoms with Crippen molar-refractivity contribution in [2.24, 2.45) is 5.92 Å². The minimum Gasteiger partial charge on any atom is -0.480 e. The van der Waals surface area contributed by atoms with E-state index in [-0.39, 0.29) is 18.4 Å². The number of halogens is 1. The van der Waals surface area contributed by atoms with Gasteiger partial charge in [-0.1, -0.05) is 62.4 Å². The number of amides is 1. The first-order valence-corrected chi connectivity index (χ1v) is 9.89. The maximum Gasteiger partial charge on any atom is 0.419 e. The number of carboxylic acid groups (broad SMARTS) is 1. The van der Waals surface area contributed by atoms with Crippen LogP contribution in [0.4, 0.5) is 4.79 Å². The zero-order chi connectivity index (χ0) is 19.6. The molecule has 0 fully saturated rings. The molecule has 142 valence electrons. The van der Waals surface area contributed by atoms with E-state index in [0.29, 0.717) is 6.42 Å². The average Bonchev–Trinajstić information content (AvgIpc) is 2.97. The van der Waals surface area contributed by atoms with Gasteiger partial charge in [0.05, 0.1) is 22.9 Å². The Hall–Kier alpha value is -2.09. The molecule has 2 aromatic rings. The van der Waals surface area contributed by atoms with Crippen molar-refractivity contribution in [3.8, 4) is 11.1 Å². The van der Waals surface area contributed by atoms with Crippen molar-refractivity contribution in [3.63, 3.8) is 0 Å². The third-order valence-electron chi connectivity index (χ3n) is 4.76. The number of hydrogen-bond acceptors (Lipinski definition) is 3. The van der Waals surface area contributed by atoms with Crippen LogP contribution in [0, 0.1) is 5.92 Å². The summed E-state index contributed by atoms with van der Waals surface area (Å²) in [6.07, 6.45) is -0.242. The highest BCUT2D eigenvalue weighted by molar-refractivity contribution is 14.1. The lowest BCUT2D eigenvalue weighted by molar-refractivity contribution is -0.141. The molecular formula is C21H22INO4. The predicted octanol–water partition coefficient (Wildman–Crippen LogP) is 5.09. The first kappa shape index (κ1) is 19.7. The molecule has 3 rings (SSSR count). The number of aliphatic carboxylic acids is 1. The van der Waals surface area contributed by atoms with E-state index in [2.05, 4.69) is 24.3 Å². The molecule has 6 heteroatoms. The van der Waals surface area contributed by atoms with Crippen molar-refractivity contribution < 1.29 is 19.4 Å². The van der Waals surface area contributed by atoms with Gasteiger partial charge in [0.15, 0.2) is 0 Å². The van der Waals surface area contributed by atoms with Gasteiger partial charge >= 0.3 is 12.1 Å². The zero-order valence-electron chi connectivity index (χ0n) is 15.3. The summed E-state index contributed by atoms with van der Waals surface area (Å²) >= 11 is 1.74. The molecule has 0 radical (unpaired) electrons. The Labute approximate surface area is 172 Å². The molecule has 0 heterocycles. The molecule has 2 aromatic carbocycles. The highest BCUT2D eigenvalue weighted by Gasteiger charge is 2.33. The van der Waals surface area contributed by atoms with Crippen molar-refractivity contribution in [2.45, 2.75) is 32.2 Å². The van der Waals surface area contributed by atoms with Gasteiger partial charge in [-0.2, -0.15) is 0 Å². The summed E-state index contributed by atoms with van der Waals surface area (Å²) in [6.45, 7) is 4.04. The maximum atomic E-state index is 12.5. The highest BCUT2D eigenvalue weighted by Crippen LogP contribution is 2.44. The van der Waals surface area contributed by atoms with Crippen LogP contribution in [0.15, 0.2) is 48.5 Å². The smallest absolute Gasteiger partial charge is 0.419 e. The van der Waals surface area contributed by atoms with Crippen molar-refractivity contribution in [3.05, 3.63) is 59.7 Å². The van der Waals surface area contributed by atoms with Crippen molar-refractivity contribution in [1.29, 1.82) is 0 Å². The molecular weight excluding hydrogens is 457 g/mol. The van der Waals surface area contributed by atoms with E-state index in [1.165, 1.54) is 0 Å². The average molecular weight is 479 g/mol. The molecule has 1 aliphatic rings. The number of ether oxygens (including phenoxy) is 1. The van der Waals surface area contributed by atoms with Crippen LogP contribution in [0.2, 0.25) is 0 Å². The van der Waals surface area contributed by atoms with Gasteiger partial charge in [0, 0.05) is 5.92 Å². The Morgan fingerprint density at radius 1 is 1.07 bits per heavy atom. The summed E-state index contributed by atoms with van der Waals surface area (Å²) in [7, 11) is 0. The second-order valence-electron chi connectivity index (χ2n) is 7.10. The lowest BCUT2D eigenvalue weighted by Crippen LogP contribution is -2.40. The number of carboxylic acids is 1. The van der Waals surface area contributed by atoms with E-state index in [1.54, 1.807) is 22.9 Å². The predicted molar refractivity (Wildman–Crippen MR) is 112 cm³/mol. The summed E-state index contributed by atoms with van der Waals surface area (Å²) in [5, 5.41) is 9.43. The summed E-state index contributed by atoms with van der Waals surface area (Å²) in [5.74, 6) is -0.907. The molecule has 0 spiro atoms. The zero-order valence-corrected chi connectivity index (χ0v) is 17.4. The number of fused-ring (bicyclic) bond motifs is 3. The molecule has 0 aromatic heterocycles. The van der Waals surface area contributed by atoms with Gasteiger partial charge in [-0.3, -0.25) is 0 Å². The number of nitrogens with zero attached hydrogens (tertiary/aromatic N) is 1. The largest absolute Gasteiger partial charge is 0.480 e. The van der Waals surface area contributed by atoms with E-state index in [0.717, 1.165) is 25.4 Å². The van der Waals surface area contributed by atoms with Crippen molar-refractivity contribution in [2.75, 3.05) is 6.61 Å². The molecule has 1 amide bonds. The van der Waals surface area contributed by atoms with Gasteiger partial charge in [-0.05, 0) is 34.6 Å². The first-order valence-electron chi connectivity index (χ1n) is 8.93. The Bertz CT molecular complexity index is 806. The fraction of sp³-hybridized carbons (Fsp3) is 0.333. The summed E-state index contributed by atoms with van der Waals surface area (Å²) < 4.78 is 6.69. The van der Waals surface area contributed by atoms with Gasteiger partial charge in [0.2, 0.25) is 0 Å². The van der Waals surface area contributed by atoms with Crippen molar-refractivity contribution >= 4 is 34.9 Å². The van der Waals surface area contributed by atoms with E-state index in [4.69, 9.17) is 4.74 Å². The minimum absolute atomic E-state index is 0.0421.